The molecule has 1 heteroatoms. The second kappa shape index (κ2) is 6.20. The zero-order chi connectivity index (χ0) is 10.3. The van der Waals surface area contributed by atoms with E-state index >= 15 is 0 Å². The molecule has 0 heterocycles. The van der Waals surface area contributed by atoms with Crippen molar-refractivity contribution in [2.24, 2.45) is 11.1 Å². The van der Waals surface area contributed by atoms with Crippen molar-refractivity contribution in [1.29, 1.82) is 0 Å². The van der Waals surface area contributed by atoms with E-state index in [4.69, 9.17) is 5.73 Å². The largest absolute Gasteiger partial charge is 0.330 e. The molecular formula is C12H25N. The molecule has 13 heavy (non-hydrogen) atoms. The molecule has 0 radical (unpaired) electrons. The van der Waals surface area contributed by atoms with Crippen LogP contribution in [0.1, 0.15) is 52.9 Å². The van der Waals surface area contributed by atoms with Crippen molar-refractivity contribution in [3.05, 3.63) is 12.2 Å². The Morgan fingerprint density at radius 3 is 2.38 bits per heavy atom. The third-order valence-corrected chi connectivity index (χ3v) is 2.99. The highest BCUT2D eigenvalue weighted by Gasteiger charge is 2.19. The summed E-state index contributed by atoms with van der Waals surface area (Å²) in [4.78, 5) is 0. The van der Waals surface area contributed by atoms with Gasteiger partial charge in [0, 0.05) is 0 Å². The molecule has 0 rings (SSSR count). The topological polar surface area (TPSA) is 26.0 Å². The van der Waals surface area contributed by atoms with E-state index in [-0.39, 0.29) is 0 Å². The predicted molar refractivity (Wildman–Crippen MR) is 60.7 cm³/mol. The molecule has 0 bridgehead atoms. The molecule has 0 saturated heterocycles. The van der Waals surface area contributed by atoms with E-state index in [2.05, 4.69) is 27.4 Å². The first-order chi connectivity index (χ1) is 6.04. The summed E-state index contributed by atoms with van der Waals surface area (Å²) in [7, 11) is 0. The van der Waals surface area contributed by atoms with Crippen LogP contribution >= 0.6 is 0 Å². The van der Waals surface area contributed by atoms with E-state index in [0.717, 1.165) is 13.0 Å². The van der Waals surface area contributed by atoms with Crippen molar-refractivity contribution in [1.82, 2.24) is 0 Å². The van der Waals surface area contributed by atoms with Crippen LogP contribution < -0.4 is 5.73 Å². The van der Waals surface area contributed by atoms with Crippen molar-refractivity contribution in [3.8, 4) is 0 Å². The lowest BCUT2D eigenvalue weighted by Gasteiger charge is -2.27. The van der Waals surface area contributed by atoms with Gasteiger partial charge in [-0.1, -0.05) is 25.8 Å². The summed E-state index contributed by atoms with van der Waals surface area (Å²) in [5.41, 5.74) is 7.36. The fourth-order valence-corrected chi connectivity index (χ4v) is 1.64. The maximum Gasteiger partial charge on any atom is -0.00721 e. The molecule has 0 aromatic heterocycles. The van der Waals surface area contributed by atoms with E-state index < -0.39 is 0 Å². The predicted octanol–water partition coefficient (Wildman–Crippen LogP) is 3.50. The van der Waals surface area contributed by atoms with Gasteiger partial charge < -0.3 is 5.73 Å². The molecule has 0 fully saturated rings. The maximum absolute atomic E-state index is 5.60. The van der Waals surface area contributed by atoms with Crippen LogP contribution in [0.2, 0.25) is 0 Å². The number of hydrogen-bond donors (Lipinski definition) is 1. The minimum absolute atomic E-state index is 0.462. The van der Waals surface area contributed by atoms with Crippen molar-refractivity contribution >= 4 is 0 Å². The van der Waals surface area contributed by atoms with Gasteiger partial charge in [0.15, 0.2) is 0 Å². The fraction of sp³-hybridized carbons (Fsp3) is 0.833. The van der Waals surface area contributed by atoms with Crippen molar-refractivity contribution in [2.45, 2.75) is 52.9 Å². The molecular weight excluding hydrogens is 158 g/mol. The number of hydrogen-bond acceptors (Lipinski definition) is 1. The van der Waals surface area contributed by atoms with Crippen LogP contribution in [0.25, 0.3) is 0 Å². The molecule has 0 aliphatic carbocycles. The molecule has 0 amide bonds. The Morgan fingerprint density at radius 2 is 2.00 bits per heavy atom. The smallest absolute Gasteiger partial charge is 0.00721 e. The molecule has 2 N–H and O–H groups in total. The van der Waals surface area contributed by atoms with Crippen LogP contribution in [0.3, 0.4) is 0 Å². The molecule has 0 aliphatic heterocycles. The molecule has 0 aliphatic rings. The molecule has 1 nitrogen and oxygen atoms in total. The van der Waals surface area contributed by atoms with Gasteiger partial charge in [-0.05, 0) is 44.6 Å². The van der Waals surface area contributed by atoms with Gasteiger partial charge in [0.2, 0.25) is 0 Å². The zero-order valence-corrected chi connectivity index (χ0v) is 9.53. The van der Waals surface area contributed by atoms with Crippen LogP contribution in [-0.4, -0.2) is 6.54 Å². The van der Waals surface area contributed by atoms with E-state index in [1.165, 1.54) is 31.3 Å². The molecule has 0 saturated carbocycles. The molecule has 0 aromatic rings. The minimum atomic E-state index is 0.462. The van der Waals surface area contributed by atoms with Crippen molar-refractivity contribution in [3.63, 3.8) is 0 Å². The quantitative estimate of drug-likeness (QED) is 0.601. The van der Waals surface area contributed by atoms with Gasteiger partial charge in [0.25, 0.3) is 0 Å². The highest BCUT2D eigenvalue weighted by Crippen LogP contribution is 2.31. The van der Waals surface area contributed by atoms with Crippen LogP contribution in [0.4, 0.5) is 0 Å². The number of rotatable bonds is 7. The second-order valence-corrected chi connectivity index (χ2v) is 4.51. The summed E-state index contributed by atoms with van der Waals surface area (Å²) >= 11 is 0. The zero-order valence-electron chi connectivity index (χ0n) is 9.53. The molecule has 1 unspecified atom stereocenters. The minimum Gasteiger partial charge on any atom is -0.330 e. The first-order valence-corrected chi connectivity index (χ1v) is 5.38. The second-order valence-electron chi connectivity index (χ2n) is 4.51. The third kappa shape index (κ3) is 5.87. The molecule has 1 atom stereocenters. The molecule has 0 spiro atoms. The van der Waals surface area contributed by atoms with Crippen LogP contribution in [0.5, 0.6) is 0 Å². The van der Waals surface area contributed by atoms with E-state index in [0.29, 0.717) is 5.41 Å². The lowest BCUT2D eigenvalue weighted by Crippen LogP contribution is -2.19. The third-order valence-electron chi connectivity index (χ3n) is 2.99. The standard InChI is InChI=1S/C12H25N/c1-5-12(4,9-10-13)8-6-7-11(2)3/h2,5-10,13H2,1,3-4H3. The van der Waals surface area contributed by atoms with Gasteiger partial charge in [-0.2, -0.15) is 0 Å². The van der Waals surface area contributed by atoms with Gasteiger partial charge in [-0.3, -0.25) is 0 Å². The lowest BCUT2D eigenvalue weighted by atomic mass is 9.79. The summed E-state index contributed by atoms with van der Waals surface area (Å²) < 4.78 is 0. The van der Waals surface area contributed by atoms with Gasteiger partial charge in [-0.25, -0.2) is 0 Å². The van der Waals surface area contributed by atoms with Gasteiger partial charge in [0.05, 0.1) is 0 Å². The van der Waals surface area contributed by atoms with Crippen molar-refractivity contribution in [2.75, 3.05) is 6.54 Å². The summed E-state index contributed by atoms with van der Waals surface area (Å²) in [6, 6.07) is 0. The van der Waals surface area contributed by atoms with Crippen LogP contribution in [-0.2, 0) is 0 Å². The Balaban J connectivity index is 3.76. The summed E-state index contributed by atoms with van der Waals surface area (Å²) in [6.07, 6.45) is 6.10. The average molecular weight is 183 g/mol. The monoisotopic (exact) mass is 183 g/mol. The number of allylic oxidation sites excluding steroid dienone is 1. The Kier molecular flexibility index (Phi) is 6.06. The lowest BCUT2D eigenvalue weighted by molar-refractivity contribution is 0.259. The Labute approximate surface area is 83.4 Å². The van der Waals surface area contributed by atoms with Gasteiger partial charge in [0.1, 0.15) is 0 Å². The van der Waals surface area contributed by atoms with E-state index in [1.54, 1.807) is 0 Å². The Bertz CT molecular complexity index is 151. The van der Waals surface area contributed by atoms with Crippen molar-refractivity contribution < 1.29 is 0 Å². The van der Waals surface area contributed by atoms with Crippen LogP contribution in [0, 0.1) is 5.41 Å². The Morgan fingerprint density at radius 1 is 1.38 bits per heavy atom. The van der Waals surface area contributed by atoms with Gasteiger partial charge in [-0.15, -0.1) is 6.58 Å². The van der Waals surface area contributed by atoms with Gasteiger partial charge >= 0.3 is 0 Å². The summed E-state index contributed by atoms with van der Waals surface area (Å²) in [5.74, 6) is 0. The fourth-order valence-electron chi connectivity index (χ4n) is 1.64. The van der Waals surface area contributed by atoms with E-state index in [9.17, 15) is 0 Å². The maximum atomic E-state index is 5.60. The first kappa shape index (κ1) is 12.7. The summed E-state index contributed by atoms with van der Waals surface area (Å²) in [6.45, 7) is 11.4. The van der Waals surface area contributed by atoms with E-state index in [1.807, 2.05) is 0 Å². The van der Waals surface area contributed by atoms with Crippen LogP contribution in [0.15, 0.2) is 12.2 Å². The highest BCUT2D eigenvalue weighted by atomic mass is 14.5. The highest BCUT2D eigenvalue weighted by molar-refractivity contribution is 4.88. The molecule has 0 aromatic carbocycles. The average Bonchev–Trinajstić information content (AvgIpc) is 2.04. The molecule has 78 valence electrons. The Hall–Kier alpha value is -0.300. The number of nitrogens with two attached hydrogens (primary N) is 1. The SMILES string of the molecule is C=C(C)CCCC(C)(CC)CCN. The normalized spacial score (nSPS) is 15.4. The summed E-state index contributed by atoms with van der Waals surface area (Å²) in [5, 5.41) is 0. The first-order valence-electron chi connectivity index (χ1n) is 5.38.